The molecular weight excluding hydrogens is 334 g/mol. The van der Waals surface area contributed by atoms with Gasteiger partial charge < -0.3 is 18.9 Å². The lowest BCUT2D eigenvalue weighted by molar-refractivity contribution is -0.129. The number of hydrogen-bond acceptors (Lipinski definition) is 6. The van der Waals surface area contributed by atoms with Crippen LogP contribution in [0.1, 0.15) is 16.7 Å². The molecule has 0 spiro atoms. The number of carbonyl (C=O) groups is 1. The van der Waals surface area contributed by atoms with Crippen molar-refractivity contribution in [2.24, 2.45) is 4.99 Å². The molecule has 0 radical (unpaired) electrons. The number of carbonyl (C=O) groups excluding carboxylic acids is 1. The summed E-state index contributed by atoms with van der Waals surface area (Å²) in [6.45, 7) is 2.93. The second kappa shape index (κ2) is 6.55. The number of aliphatic imine (C=N–C) groups is 1. The SMILES string of the molecule is COc1cc(/C=C2\N=C(c3ccc(C)cc3)OC2=O)cc2c1OCCO2. The molecule has 6 nitrogen and oxygen atoms in total. The van der Waals surface area contributed by atoms with Crippen LogP contribution in [0.4, 0.5) is 0 Å². The average molecular weight is 351 g/mol. The van der Waals surface area contributed by atoms with Crippen LogP contribution in [0.2, 0.25) is 0 Å². The molecule has 0 aromatic heterocycles. The van der Waals surface area contributed by atoms with Crippen LogP contribution in [-0.2, 0) is 9.53 Å². The average Bonchev–Trinajstić information content (AvgIpc) is 3.02. The molecule has 2 aromatic carbocycles. The molecule has 26 heavy (non-hydrogen) atoms. The van der Waals surface area contributed by atoms with Gasteiger partial charge in [0, 0.05) is 5.56 Å². The van der Waals surface area contributed by atoms with Gasteiger partial charge in [-0.05, 0) is 42.8 Å². The van der Waals surface area contributed by atoms with Crippen molar-refractivity contribution in [2.45, 2.75) is 6.92 Å². The van der Waals surface area contributed by atoms with Crippen molar-refractivity contribution in [1.29, 1.82) is 0 Å². The van der Waals surface area contributed by atoms with Crippen LogP contribution < -0.4 is 14.2 Å². The van der Waals surface area contributed by atoms with Gasteiger partial charge >= 0.3 is 5.97 Å². The standard InChI is InChI=1S/C20H17NO5/c1-12-3-5-14(6-4-12)19-21-15(20(22)26-19)9-13-10-16(23-2)18-17(11-13)24-7-8-25-18/h3-6,9-11H,7-8H2,1-2H3/b15-9-. The summed E-state index contributed by atoms with van der Waals surface area (Å²) in [6.07, 6.45) is 1.64. The first kappa shape index (κ1) is 16.2. The van der Waals surface area contributed by atoms with Crippen LogP contribution in [-0.4, -0.2) is 32.2 Å². The Morgan fingerprint density at radius 3 is 2.65 bits per heavy atom. The first-order valence-electron chi connectivity index (χ1n) is 8.21. The molecule has 6 heteroatoms. The Labute approximate surface area is 150 Å². The lowest BCUT2D eigenvalue weighted by Gasteiger charge is -2.20. The van der Waals surface area contributed by atoms with Crippen LogP contribution in [0, 0.1) is 6.92 Å². The number of methoxy groups -OCH3 is 1. The Morgan fingerprint density at radius 2 is 1.88 bits per heavy atom. The zero-order chi connectivity index (χ0) is 18.1. The first-order valence-corrected chi connectivity index (χ1v) is 8.21. The second-order valence-corrected chi connectivity index (χ2v) is 5.95. The molecule has 4 rings (SSSR count). The third-order valence-corrected chi connectivity index (χ3v) is 4.07. The predicted molar refractivity (Wildman–Crippen MR) is 95.8 cm³/mol. The topological polar surface area (TPSA) is 66.4 Å². The zero-order valence-corrected chi connectivity index (χ0v) is 14.4. The molecule has 0 N–H and O–H groups in total. The predicted octanol–water partition coefficient (Wildman–Crippen LogP) is 3.12. The minimum atomic E-state index is -0.491. The van der Waals surface area contributed by atoms with Crippen molar-refractivity contribution in [3.05, 3.63) is 58.8 Å². The largest absolute Gasteiger partial charge is 0.493 e. The van der Waals surface area contributed by atoms with Gasteiger partial charge in [0.15, 0.2) is 17.2 Å². The van der Waals surface area contributed by atoms with E-state index in [1.165, 1.54) is 0 Å². The Hall–Kier alpha value is -3.28. The fraction of sp³-hybridized carbons (Fsp3) is 0.200. The number of aryl methyl sites for hydroxylation is 1. The molecule has 2 heterocycles. The number of nitrogens with zero attached hydrogens (tertiary/aromatic N) is 1. The molecule has 0 amide bonds. The van der Waals surface area contributed by atoms with Crippen molar-refractivity contribution in [1.82, 2.24) is 0 Å². The molecule has 2 aliphatic heterocycles. The van der Waals surface area contributed by atoms with Gasteiger partial charge in [-0.15, -0.1) is 0 Å². The lowest BCUT2D eigenvalue weighted by atomic mass is 10.1. The van der Waals surface area contributed by atoms with Gasteiger partial charge in [-0.2, -0.15) is 0 Å². The Bertz CT molecular complexity index is 911. The van der Waals surface area contributed by atoms with Crippen molar-refractivity contribution >= 4 is 17.9 Å². The number of rotatable bonds is 3. The molecule has 2 aliphatic rings. The van der Waals surface area contributed by atoms with E-state index >= 15 is 0 Å². The van der Waals surface area contributed by atoms with Crippen LogP contribution in [0.15, 0.2) is 47.1 Å². The zero-order valence-electron chi connectivity index (χ0n) is 14.4. The summed E-state index contributed by atoms with van der Waals surface area (Å²) in [4.78, 5) is 16.5. The van der Waals surface area contributed by atoms with Gasteiger partial charge in [0.05, 0.1) is 7.11 Å². The Morgan fingerprint density at radius 1 is 1.12 bits per heavy atom. The van der Waals surface area contributed by atoms with Crippen molar-refractivity contribution in [3.8, 4) is 17.2 Å². The maximum atomic E-state index is 12.2. The van der Waals surface area contributed by atoms with Gasteiger partial charge in [-0.1, -0.05) is 17.7 Å². The van der Waals surface area contributed by atoms with E-state index in [9.17, 15) is 4.79 Å². The van der Waals surface area contributed by atoms with Crippen LogP contribution in [0.25, 0.3) is 6.08 Å². The maximum absolute atomic E-state index is 12.2. The van der Waals surface area contributed by atoms with Crippen LogP contribution in [0.5, 0.6) is 17.2 Å². The third kappa shape index (κ3) is 3.01. The summed E-state index contributed by atoms with van der Waals surface area (Å²) in [5.74, 6) is 1.50. The summed E-state index contributed by atoms with van der Waals surface area (Å²) < 4.78 is 21.9. The monoisotopic (exact) mass is 351 g/mol. The molecule has 0 bridgehead atoms. The third-order valence-electron chi connectivity index (χ3n) is 4.07. The van der Waals surface area contributed by atoms with E-state index in [2.05, 4.69) is 4.99 Å². The molecule has 0 saturated heterocycles. The number of fused-ring (bicyclic) bond motifs is 1. The first-order chi connectivity index (χ1) is 12.6. The fourth-order valence-electron chi connectivity index (χ4n) is 2.76. The number of esters is 1. The van der Waals surface area contributed by atoms with E-state index in [0.717, 1.165) is 11.1 Å². The summed E-state index contributed by atoms with van der Waals surface area (Å²) in [5.41, 5.74) is 2.82. The van der Waals surface area contributed by atoms with E-state index in [1.807, 2.05) is 31.2 Å². The van der Waals surface area contributed by atoms with Crippen molar-refractivity contribution < 1.29 is 23.7 Å². The van der Waals surface area contributed by atoms with E-state index in [1.54, 1.807) is 25.3 Å². The minimum Gasteiger partial charge on any atom is -0.493 e. The molecule has 2 aromatic rings. The number of ether oxygens (including phenoxy) is 4. The molecule has 0 fully saturated rings. The smallest absolute Gasteiger partial charge is 0.363 e. The van der Waals surface area contributed by atoms with Crippen LogP contribution in [0.3, 0.4) is 0 Å². The quantitative estimate of drug-likeness (QED) is 0.628. The highest BCUT2D eigenvalue weighted by Crippen LogP contribution is 2.41. The van der Waals surface area contributed by atoms with Gasteiger partial charge in [0.2, 0.25) is 11.6 Å². The highest BCUT2D eigenvalue weighted by molar-refractivity contribution is 6.12. The molecule has 0 unspecified atom stereocenters. The normalized spacial score (nSPS) is 17.1. The minimum absolute atomic E-state index is 0.222. The maximum Gasteiger partial charge on any atom is 0.363 e. The lowest BCUT2D eigenvalue weighted by Crippen LogP contribution is -2.16. The summed E-state index contributed by atoms with van der Waals surface area (Å²) in [6, 6.07) is 11.2. The van der Waals surface area contributed by atoms with Gasteiger partial charge in [-0.3, -0.25) is 0 Å². The van der Waals surface area contributed by atoms with Crippen LogP contribution >= 0.6 is 0 Å². The van der Waals surface area contributed by atoms with Crippen molar-refractivity contribution in [2.75, 3.05) is 20.3 Å². The van der Waals surface area contributed by atoms with Gasteiger partial charge in [0.25, 0.3) is 0 Å². The Balaban J connectivity index is 1.69. The van der Waals surface area contributed by atoms with E-state index in [4.69, 9.17) is 18.9 Å². The summed E-state index contributed by atoms with van der Waals surface area (Å²) in [5, 5.41) is 0. The highest BCUT2D eigenvalue weighted by Gasteiger charge is 2.25. The van der Waals surface area contributed by atoms with Crippen molar-refractivity contribution in [3.63, 3.8) is 0 Å². The summed E-state index contributed by atoms with van der Waals surface area (Å²) >= 11 is 0. The van der Waals surface area contributed by atoms with E-state index in [-0.39, 0.29) is 5.70 Å². The van der Waals surface area contributed by atoms with E-state index in [0.29, 0.717) is 41.9 Å². The van der Waals surface area contributed by atoms with Gasteiger partial charge in [-0.25, -0.2) is 9.79 Å². The fourth-order valence-corrected chi connectivity index (χ4v) is 2.76. The van der Waals surface area contributed by atoms with Gasteiger partial charge in [0.1, 0.15) is 13.2 Å². The molecule has 0 aliphatic carbocycles. The highest BCUT2D eigenvalue weighted by atomic mass is 16.6. The molecular formula is C20H17NO5. The molecule has 132 valence electrons. The molecule has 0 saturated carbocycles. The Kier molecular flexibility index (Phi) is 4.08. The molecule has 0 atom stereocenters. The number of benzene rings is 2. The second-order valence-electron chi connectivity index (χ2n) is 5.95. The van der Waals surface area contributed by atoms with E-state index < -0.39 is 5.97 Å². The number of cyclic esters (lactones) is 1. The number of hydrogen-bond donors (Lipinski definition) is 0. The summed E-state index contributed by atoms with van der Waals surface area (Å²) in [7, 11) is 1.56.